The first kappa shape index (κ1) is 19.2. The van der Waals surface area contributed by atoms with Crippen molar-refractivity contribution in [2.45, 2.75) is 70.5 Å². The van der Waals surface area contributed by atoms with Gasteiger partial charge in [0, 0.05) is 16.5 Å². The van der Waals surface area contributed by atoms with Gasteiger partial charge in [-0.1, -0.05) is 26.5 Å². The van der Waals surface area contributed by atoms with Gasteiger partial charge in [-0.15, -0.1) is 0 Å². The Morgan fingerprint density at radius 1 is 1.23 bits per heavy atom. The zero-order valence-electron chi connectivity index (χ0n) is 16.3. The minimum absolute atomic E-state index is 0.0565. The van der Waals surface area contributed by atoms with Crippen molar-refractivity contribution in [1.29, 1.82) is 0 Å². The maximum Gasteiger partial charge on any atom is 0.179 e. The monoisotopic (exact) mass is 374 g/mol. The van der Waals surface area contributed by atoms with Gasteiger partial charge < -0.3 is 5.73 Å². The summed E-state index contributed by atoms with van der Waals surface area (Å²) in [6.45, 7) is 12.0. The van der Waals surface area contributed by atoms with E-state index >= 15 is 0 Å². The van der Waals surface area contributed by atoms with Crippen LogP contribution in [0.3, 0.4) is 0 Å². The molecule has 1 unspecified atom stereocenters. The first-order valence-electron chi connectivity index (χ1n) is 9.31. The Balaban J connectivity index is 1.94. The molecular weight excluding hydrogens is 344 g/mol. The number of nitrogen functional groups attached to an aromatic ring is 1. The van der Waals surface area contributed by atoms with E-state index in [4.69, 9.17) is 10.7 Å². The SMILES string of the molecule is C=C1CC(c2ccc(N)c(C3=CCC(C)(C)CC3)n2)CC(C)(C)S1(=O)=O. The third-order valence-electron chi connectivity index (χ3n) is 5.96. The van der Waals surface area contributed by atoms with Gasteiger partial charge in [0.15, 0.2) is 9.84 Å². The molecular formula is C21H30N2O2S. The molecule has 1 aliphatic heterocycles. The minimum Gasteiger partial charge on any atom is -0.397 e. The number of pyridine rings is 1. The summed E-state index contributed by atoms with van der Waals surface area (Å²) in [5.74, 6) is 0.0565. The van der Waals surface area contributed by atoms with Gasteiger partial charge >= 0.3 is 0 Å². The van der Waals surface area contributed by atoms with E-state index in [-0.39, 0.29) is 5.92 Å². The summed E-state index contributed by atoms with van der Waals surface area (Å²) in [6, 6.07) is 3.86. The summed E-state index contributed by atoms with van der Waals surface area (Å²) in [5.41, 5.74) is 10.3. The van der Waals surface area contributed by atoms with Crippen LogP contribution in [-0.2, 0) is 9.84 Å². The lowest BCUT2D eigenvalue weighted by Gasteiger charge is -2.36. The van der Waals surface area contributed by atoms with Crippen molar-refractivity contribution in [3.05, 3.63) is 41.1 Å². The van der Waals surface area contributed by atoms with E-state index in [0.717, 1.165) is 30.7 Å². The number of nitrogens with zero attached hydrogens (tertiary/aromatic N) is 1. The zero-order valence-corrected chi connectivity index (χ0v) is 17.1. The highest BCUT2D eigenvalue weighted by molar-refractivity contribution is 7.96. The van der Waals surface area contributed by atoms with Crippen LogP contribution in [0.4, 0.5) is 5.69 Å². The van der Waals surface area contributed by atoms with Crippen LogP contribution in [0.2, 0.25) is 0 Å². The number of sulfone groups is 1. The molecule has 0 saturated carbocycles. The van der Waals surface area contributed by atoms with Gasteiger partial charge in [-0.2, -0.15) is 0 Å². The van der Waals surface area contributed by atoms with Gasteiger partial charge in [-0.3, -0.25) is 4.98 Å². The number of hydrogen-bond donors (Lipinski definition) is 1. The molecule has 2 heterocycles. The van der Waals surface area contributed by atoms with Gasteiger partial charge in [-0.25, -0.2) is 8.42 Å². The van der Waals surface area contributed by atoms with E-state index in [2.05, 4.69) is 26.5 Å². The largest absolute Gasteiger partial charge is 0.397 e. The average Bonchev–Trinajstić information content (AvgIpc) is 2.53. The Bertz CT molecular complexity index is 879. The predicted molar refractivity (Wildman–Crippen MR) is 108 cm³/mol. The molecule has 0 radical (unpaired) electrons. The number of allylic oxidation sites excluding steroid dienone is 3. The minimum atomic E-state index is -3.29. The smallest absolute Gasteiger partial charge is 0.179 e. The molecule has 0 bridgehead atoms. The second kappa shape index (κ2) is 6.22. The average molecular weight is 375 g/mol. The molecule has 1 saturated heterocycles. The van der Waals surface area contributed by atoms with E-state index in [1.807, 2.05) is 12.1 Å². The van der Waals surface area contributed by atoms with Crippen LogP contribution < -0.4 is 5.73 Å². The molecule has 142 valence electrons. The summed E-state index contributed by atoms with van der Waals surface area (Å²) >= 11 is 0. The summed E-state index contributed by atoms with van der Waals surface area (Å²) in [7, 11) is -3.29. The van der Waals surface area contributed by atoms with Gasteiger partial charge in [0.05, 0.1) is 16.1 Å². The van der Waals surface area contributed by atoms with Gasteiger partial charge in [-0.05, 0) is 69.1 Å². The third kappa shape index (κ3) is 3.34. The van der Waals surface area contributed by atoms with E-state index in [1.54, 1.807) is 13.8 Å². The van der Waals surface area contributed by atoms with Gasteiger partial charge in [0.25, 0.3) is 0 Å². The van der Waals surface area contributed by atoms with Crippen LogP contribution in [0.5, 0.6) is 0 Å². The Kier molecular flexibility index (Phi) is 4.58. The van der Waals surface area contributed by atoms with Gasteiger partial charge in [0.1, 0.15) is 0 Å². The highest BCUT2D eigenvalue weighted by Gasteiger charge is 2.44. The van der Waals surface area contributed by atoms with E-state index < -0.39 is 14.6 Å². The molecule has 2 N–H and O–H groups in total. The van der Waals surface area contributed by atoms with Crippen molar-refractivity contribution in [2.75, 3.05) is 5.73 Å². The van der Waals surface area contributed by atoms with Crippen molar-refractivity contribution >= 4 is 21.1 Å². The lowest BCUT2D eigenvalue weighted by Crippen LogP contribution is -2.39. The highest BCUT2D eigenvalue weighted by atomic mass is 32.2. The second-order valence-electron chi connectivity index (χ2n) is 9.18. The number of nitrogens with two attached hydrogens (primary N) is 1. The number of anilines is 1. The lowest BCUT2D eigenvalue weighted by atomic mass is 9.77. The van der Waals surface area contributed by atoms with Crippen molar-refractivity contribution in [3.63, 3.8) is 0 Å². The Morgan fingerprint density at radius 2 is 1.92 bits per heavy atom. The molecule has 1 aromatic rings. The van der Waals surface area contributed by atoms with E-state index in [9.17, 15) is 8.42 Å². The second-order valence-corrected chi connectivity index (χ2v) is 11.9. The fourth-order valence-electron chi connectivity index (χ4n) is 4.02. The molecule has 1 aliphatic carbocycles. The molecule has 4 nitrogen and oxygen atoms in total. The number of aromatic nitrogens is 1. The van der Waals surface area contributed by atoms with Crippen molar-refractivity contribution in [2.24, 2.45) is 5.41 Å². The standard InChI is InChI=1S/C21H30N2O2S/c1-14-12-16(13-21(4,5)26(14,24)25)18-7-6-17(22)19(23-18)15-8-10-20(2,3)11-9-15/h6-8,16H,1,9-13,22H2,2-5H3. The first-order chi connectivity index (χ1) is 11.9. The number of rotatable bonds is 2. The van der Waals surface area contributed by atoms with E-state index in [1.165, 1.54) is 5.57 Å². The number of hydrogen-bond acceptors (Lipinski definition) is 4. The molecule has 1 fully saturated rings. The molecule has 0 amide bonds. The van der Waals surface area contributed by atoms with Crippen LogP contribution >= 0.6 is 0 Å². The Labute approximate surface area is 157 Å². The third-order valence-corrected chi connectivity index (χ3v) is 8.51. The molecule has 0 spiro atoms. The fraction of sp³-hybridized carbons (Fsp3) is 0.571. The van der Waals surface area contributed by atoms with Crippen LogP contribution in [0.15, 0.2) is 29.7 Å². The maximum atomic E-state index is 12.5. The van der Waals surface area contributed by atoms with Crippen molar-refractivity contribution < 1.29 is 8.42 Å². The molecule has 3 rings (SSSR count). The van der Waals surface area contributed by atoms with Crippen LogP contribution in [0.25, 0.3) is 5.57 Å². The molecule has 26 heavy (non-hydrogen) atoms. The molecule has 5 heteroatoms. The summed E-state index contributed by atoms with van der Waals surface area (Å²) in [4.78, 5) is 5.20. The maximum absolute atomic E-state index is 12.5. The molecule has 1 aromatic heterocycles. The zero-order chi connectivity index (χ0) is 19.3. The van der Waals surface area contributed by atoms with Crippen molar-refractivity contribution in [3.8, 4) is 0 Å². The first-order valence-corrected chi connectivity index (χ1v) is 10.8. The van der Waals surface area contributed by atoms with Gasteiger partial charge in [0.2, 0.25) is 0 Å². The van der Waals surface area contributed by atoms with Crippen LogP contribution in [0.1, 0.15) is 77.1 Å². The topological polar surface area (TPSA) is 73.0 Å². The van der Waals surface area contributed by atoms with Crippen LogP contribution in [-0.4, -0.2) is 18.1 Å². The summed E-state index contributed by atoms with van der Waals surface area (Å²) in [5, 5.41) is 0. The lowest BCUT2D eigenvalue weighted by molar-refractivity contribution is 0.334. The Hall–Kier alpha value is -1.62. The molecule has 0 aromatic carbocycles. The highest BCUT2D eigenvalue weighted by Crippen LogP contribution is 2.45. The normalized spacial score (nSPS) is 27.0. The predicted octanol–water partition coefficient (Wildman–Crippen LogP) is 4.84. The fourth-order valence-corrected chi connectivity index (χ4v) is 5.64. The molecule has 1 atom stereocenters. The summed E-state index contributed by atoms with van der Waals surface area (Å²) in [6.07, 6.45) is 6.38. The van der Waals surface area contributed by atoms with Crippen LogP contribution in [0, 0.1) is 5.41 Å². The summed E-state index contributed by atoms with van der Waals surface area (Å²) < 4.78 is 24.2. The Morgan fingerprint density at radius 3 is 2.50 bits per heavy atom. The van der Waals surface area contributed by atoms with Crippen molar-refractivity contribution in [1.82, 2.24) is 4.98 Å². The molecule has 2 aliphatic rings. The van der Waals surface area contributed by atoms with E-state index in [0.29, 0.717) is 28.8 Å². The quantitative estimate of drug-likeness (QED) is 0.804.